The molecule has 0 aromatic heterocycles. The normalized spacial score (nSPS) is 10.8. The molecule has 8 heteroatoms. The predicted molar refractivity (Wildman–Crippen MR) is 150 cm³/mol. The average molecular weight is 536 g/mol. The molecule has 4 rings (SSSR count). The van der Waals surface area contributed by atoms with Gasteiger partial charge in [0.25, 0.3) is 5.69 Å². The molecule has 0 aliphatic rings. The highest BCUT2D eigenvalue weighted by molar-refractivity contribution is 7.68. The first-order chi connectivity index (χ1) is 18.0. The van der Waals surface area contributed by atoms with E-state index in [4.69, 9.17) is 25.6 Å². The molecule has 0 spiro atoms. The molecule has 0 saturated heterocycles. The average Bonchev–Trinajstić information content (AvgIpc) is 2.92. The van der Waals surface area contributed by atoms with Gasteiger partial charge < -0.3 is 14.0 Å². The van der Waals surface area contributed by atoms with Crippen LogP contribution in [0.1, 0.15) is 19.8 Å². The maximum absolute atomic E-state index is 12.1. The maximum Gasteiger partial charge on any atom is 0.278 e. The number of halogens is 1. The number of unbranched alkanes of at least 4 members (excludes halogenated alkanes) is 1. The lowest BCUT2D eigenvalue weighted by molar-refractivity contribution is -0.384. The second kappa shape index (κ2) is 12.6. The molecule has 0 amide bonds. The van der Waals surface area contributed by atoms with Gasteiger partial charge in [-0.3, -0.25) is 10.1 Å². The summed E-state index contributed by atoms with van der Waals surface area (Å²) in [5, 5.41) is 14.3. The van der Waals surface area contributed by atoms with Crippen molar-refractivity contribution in [1.82, 2.24) is 0 Å². The van der Waals surface area contributed by atoms with Crippen molar-refractivity contribution in [1.29, 1.82) is 0 Å². The van der Waals surface area contributed by atoms with Crippen molar-refractivity contribution in [3.05, 3.63) is 106 Å². The van der Waals surface area contributed by atoms with E-state index in [1.807, 2.05) is 60.7 Å². The summed E-state index contributed by atoms with van der Waals surface area (Å²) in [6.07, 6.45) is 1.75. The van der Waals surface area contributed by atoms with E-state index in [1.54, 1.807) is 31.4 Å². The van der Waals surface area contributed by atoms with Gasteiger partial charge in [-0.15, -0.1) is 0 Å². The number of hydrogen-bond donors (Lipinski definition) is 0. The van der Waals surface area contributed by atoms with Gasteiger partial charge in [0.05, 0.1) is 34.8 Å². The molecule has 0 aliphatic heterocycles. The standard InChI is InChI=1S/C29H27ClNO5P/c1-3-4-18-35-26-19-21(34-2)20-27(29(26)28-24(30)16-11-17-25(28)31(32)33)36-37(22-12-7-5-8-13-22)23-14-9-6-10-15-23/h5-17,19-20H,3-4,18H2,1-2H3. The van der Waals surface area contributed by atoms with Crippen molar-refractivity contribution in [2.45, 2.75) is 19.8 Å². The Bertz CT molecular complexity index is 1310. The second-order valence-corrected chi connectivity index (χ2v) is 10.4. The number of rotatable bonds is 11. The molecule has 0 heterocycles. The van der Waals surface area contributed by atoms with E-state index in [1.165, 1.54) is 6.07 Å². The van der Waals surface area contributed by atoms with E-state index < -0.39 is 13.1 Å². The minimum Gasteiger partial charge on any atom is -0.496 e. The van der Waals surface area contributed by atoms with Gasteiger partial charge in [-0.1, -0.05) is 91.7 Å². The van der Waals surface area contributed by atoms with Gasteiger partial charge in [0.2, 0.25) is 0 Å². The van der Waals surface area contributed by atoms with Gasteiger partial charge in [0.1, 0.15) is 17.2 Å². The largest absolute Gasteiger partial charge is 0.496 e. The van der Waals surface area contributed by atoms with Crippen molar-refractivity contribution in [3.8, 4) is 28.4 Å². The van der Waals surface area contributed by atoms with E-state index in [0.29, 0.717) is 29.4 Å². The first-order valence-corrected chi connectivity index (χ1v) is 13.5. The number of nitro groups is 1. The summed E-state index contributed by atoms with van der Waals surface area (Å²) in [7, 11) is 0.221. The highest BCUT2D eigenvalue weighted by Gasteiger charge is 2.28. The Kier molecular flexibility index (Phi) is 8.99. The molecule has 0 saturated carbocycles. The minimum atomic E-state index is -1.34. The Hall–Kier alpha value is -3.60. The van der Waals surface area contributed by atoms with Gasteiger partial charge in [0, 0.05) is 28.8 Å². The maximum atomic E-state index is 12.1. The van der Waals surface area contributed by atoms with Gasteiger partial charge in [0.15, 0.2) is 8.15 Å². The van der Waals surface area contributed by atoms with Crippen molar-refractivity contribution in [2.24, 2.45) is 0 Å². The van der Waals surface area contributed by atoms with E-state index in [-0.39, 0.29) is 16.3 Å². The SMILES string of the molecule is CCCCOc1cc(OC)cc(OP(c2ccccc2)c2ccccc2)c1-c1c(Cl)cccc1[N+](=O)[O-]. The fraction of sp³-hybridized carbons (Fsp3) is 0.172. The molecule has 0 bridgehead atoms. The van der Waals surface area contributed by atoms with Crippen molar-refractivity contribution in [2.75, 3.05) is 13.7 Å². The van der Waals surface area contributed by atoms with Crippen LogP contribution in [-0.2, 0) is 0 Å². The molecule has 4 aromatic rings. The third kappa shape index (κ3) is 6.22. The zero-order valence-corrected chi connectivity index (χ0v) is 22.2. The molecule has 0 atom stereocenters. The summed E-state index contributed by atoms with van der Waals surface area (Å²) in [6, 6.07) is 27.9. The molecule has 0 radical (unpaired) electrons. The van der Waals surface area contributed by atoms with Crippen LogP contribution < -0.4 is 24.6 Å². The number of hydrogen-bond acceptors (Lipinski definition) is 5. The third-order valence-electron chi connectivity index (χ3n) is 5.64. The van der Waals surface area contributed by atoms with Crippen LogP contribution in [-0.4, -0.2) is 18.6 Å². The lowest BCUT2D eigenvalue weighted by Crippen LogP contribution is -2.16. The fourth-order valence-electron chi connectivity index (χ4n) is 3.83. The predicted octanol–water partition coefficient (Wildman–Crippen LogP) is 7.53. The molecule has 37 heavy (non-hydrogen) atoms. The molecule has 190 valence electrons. The summed E-state index contributed by atoms with van der Waals surface area (Å²) in [6.45, 7) is 2.50. The molecule has 6 nitrogen and oxygen atoms in total. The summed E-state index contributed by atoms with van der Waals surface area (Å²) >= 11 is 6.62. The van der Waals surface area contributed by atoms with Crippen LogP contribution in [0, 0.1) is 10.1 Å². The molecule has 0 unspecified atom stereocenters. The van der Waals surface area contributed by atoms with Crippen molar-refractivity contribution < 1.29 is 18.9 Å². The number of nitro benzene ring substituents is 1. The summed E-state index contributed by atoms with van der Waals surface area (Å²) < 4.78 is 18.5. The molecular weight excluding hydrogens is 509 g/mol. The summed E-state index contributed by atoms with van der Waals surface area (Å²) in [5.74, 6) is 1.31. The lowest BCUT2D eigenvalue weighted by Gasteiger charge is -2.24. The Labute approximate surface area is 222 Å². The monoisotopic (exact) mass is 535 g/mol. The number of methoxy groups -OCH3 is 1. The lowest BCUT2D eigenvalue weighted by atomic mass is 10.0. The summed E-state index contributed by atoms with van der Waals surface area (Å²) in [5.41, 5.74) is 0.537. The number of benzene rings is 4. The van der Waals surface area contributed by atoms with Gasteiger partial charge in [-0.05, 0) is 12.5 Å². The summed E-state index contributed by atoms with van der Waals surface area (Å²) in [4.78, 5) is 11.6. The second-order valence-electron chi connectivity index (χ2n) is 8.15. The van der Waals surface area contributed by atoms with Crippen LogP contribution in [0.5, 0.6) is 17.2 Å². The van der Waals surface area contributed by atoms with E-state index in [2.05, 4.69) is 6.92 Å². The minimum absolute atomic E-state index is 0.133. The van der Waals surface area contributed by atoms with Crippen LogP contribution in [0.4, 0.5) is 5.69 Å². The Balaban J connectivity index is 1.96. The van der Waals surface area contributed by atoms with Crippen molar-refractivity contribution in [3.63, 3.8) is 0 Å². The van der Waals surface area contributed by atoms with E-state index >= 15 is 0 Å². The molecular formula is C29H27ClNO5P. The Morgan fingerprint density at radius 2 is 1.49 bits per heavy atom. The number of nitrogens with zero attached hydrogens (tertiary/aromatic N) is 1. The quantitative estimate of drug-likeness (QED) is 0.0859. The Morgan fingerprint density at radius 3 is 2.05 bits per heavy atom. The van der Waals surface area contributed by atoms with Gasteiger partial charge >= 0.3 is 0 Å². The Morgan fingerprint density at radius 1 is 0.865 bits per heavy atom. The zero-order chi connectivity index (χ0) is 26.2. The third-order valence-corrected chi connectivity index (χ3v) is 7.87. The molecule has 0 aliphatic carbocycles. The van der Waals surface area contributed by atoms with Crippen LogP contribution in [0.2, 0.25) is 5.02 Å². The van der Waals surface area contributed by atoms with Crippen LogP contribution in [0.15, 0.2) is 91.0 Å². The molecule has 0 fully saturated rings. The molecule has 0 N–H and O–H groups in total. The topological polar surface area (TPSA) is 70.8 Å². The fourth-order valence-corrected chi connectivity index (χ4v) is 5.83. The van der Waals surface area contributed by atoms with Crippen LogP contribution >= 0.6 is 19.7 Å². The zero-order valence-electron chi connectivity index (χ0n) is 20.6. The highest BCUT2D eigenvalue weighted by Crippen LogP contribution is 2.51. The first-order valence-electron chi connectivity index (χ1n) is 11.9. The smallest absolute Gasteiger partial charge is 0.278 e. The van der Waals surface area contributed by atoms with E-state index in [0.717, 1.165) is 23.5 Å². The van der Waals surface area contributed by atoms with Crippen LogP contribution in [0.3, 0.4) is 0 Å². The number of ether oxygens (including phenoxy) is 2. The van der Waals surface area contributed by atoms with Crippen molar-refractivity contribution >= 4 is 36.0 Å². The van der Waals surface area contributed by atoms with Gasteiger partial charge in [-0.2, -0.15) is 0 Å². The molecule has 4 aromatic carbocycles. The highest BCUT2D eigenvalue weighted by atomic mass is 35.5. The first kappa shape index (κ1) is 26.5. The van der Waals surface area contributed by atoms with E-state index in [9.17, 15) is 10.1 Å². The van der Waals surface area contributed by atoms with Crippen LogP contribution in [0.25, 0.3) is 11.1 Å². The van der Waals surface area contributed by atoms with Gasteiger partial charge in [-0.25, -0.2) is 0 Å².